The van der Waals surface area contributed by atoms with Crippen molar-refractivity contribution in [3.63, 3.8) is 0 Å². The molecule has 88 valence electrons. The van der Waals surface area contributed by atoms with E-state index in [1.807, 2.05) is 18.2 Å². The van der Waals surface area contributed by atoms with E-state index >= 15 is 0 Å². The fourth-order valence-electron chi connectivity index (χ4n) is 1.29. The average Bonchev–Trinajstić information content (AvgIpc) is 2.75. The third kappa shape index (κ3) is 3.25. The number of hydrogen-bond acceptors (Lipinski definition) is 4. The molecule has 0 unspecified atom stereocenters. The van der Waals surface area contributed by atoms with Crippen molar-refractivity contribution in [3.05, 3.63) is 41.4 Å². The minimum absolute atomic E-state index is 0.0486. The van der Waals surface area contributed by atoms with Crippen LogP contribution >= 0.6 is 23.4 Å². The van der Waals surface area contributed by atoms with Gasteiger partial charge in [-0.05, 0) is 12.1 Å². The molecule has 0 spiro atoms. The van der Waals surface area contributed by atoms with Crippen molar-refractivity contribution in [2.45, 2.75) is 5.75 Å². The van der Waals surface area contributed by atoms with Crippen molar-refractivity contribution >= 4 is 28.5 Å². The highest BCUT2D eigenvalue weighted by atomic mass is 35.5. The summed E-state index contributed by atoms with van der Waals surface area (Å²) in [6.07, 6.45) is 1.64. The first kappa shape index (κ1) is 12.0. The van der Waals surface area contributed by atoms with Crippen molar-refractivity contribution in [1.29, 1.82) is 5.41 Å². The van der Waals surface area contributed by atoms with E-state index in [4.69, 9.17) is 27.2 Å². The lowest BCUT2D eigenvalue weighted by Gasteiger charge is -1.97. The first-order chi connectivity index (χ1) is 8.15. The largest absolute Gasteiger partial charge is 0.440 e. The van der Waals surface area contributed by atoms with Crippen molar-refractivity contribution < 1.29 is 4.42 Å². The molecule has 2 rings (SSSR count). The maximum atomic E-state index is 7.10. The Morgan fingerprint density at radius 1 is 1.53 bits per heavy atom. The van der Waals surface area contributed by atoms with E-state index in [0.717, 1.165) is 5.56 Å². The Bertz CT molecular complexity index is 541. The van der Waals surface area contributed by atoms with Gasteiger partial charge >= 0.3 is 0 Å². The third-order valence-electron chi connectivity index (χ3n) is 2.01. The second kappa shape index (κ2) is 5.25. The Hall–Kier alpha value is -1.46. The lowest BCUT2D eigenvalue weighted by Crippen LogP contribution is -2.03. The molecule has 6 heteroatoms. The molecule has 3 N–H and O–H groups in total. The second-order valence-electron chi connectivity index (χ2n) is 3.28. The van der Waals surface area contributed by atoms with Crippen LogP contribution in [0.4, 0.5) is 0 Å². The molecule has 0 amide bonds. The highest BCUT2D eigenvalue weighted by Gasteiger charge is 2.07. The molecule has 0 atom stereocenters. The van der Waals surface area contributed by atoms with Gasteiger partial charge in [0.05, 0.1) is 11.9 Å². The van der Waals surface area contributed by atoms with Crippen LogP contribution in [0.5, 0.6) is 0 Å². The number of thioether (sulfide) groups is 1. The van der Waals surface area contributed by atoms with Crippen LogP contribution in [0.25, 0.3) is 11.3 Å². The molecule has 1 heterocycles. The van der Waals surface area contributed by atoms with Gasteiger partial charge in [-0.25, -0.2) is 4.98 Å². The van der Waals surface area contributed by atoms with Crippen LogP contribution in [0.2, 0.25) is 5.02 Å². The highest BCUT2D eigenvalue weighted by molar-refractivity contribution is 8.12. The first-order valence-corrected chi connectivity index (χ1v) is 6.19. The molecule has 0 saturated carbocycles. The average molecular weight is 268 g/mol. The minimum Gasteiger partial charge on any atom is -0.440 e. The Kier molecular flexibility index (Phi) is 3.71. The van der Waals surface area contributed by atoms with Crippen LogP contribution in [0, 0.1) is 5.41 Å². The van der Waals surface area contributed by atoms with Crippen LogP contribution in [-0.2, 0) is 5.75 Å². The van der Waals surface area contributed by atoms with Gasteiger partial charge in [0.15, 0.2) is 10.9 Å². The monoisotopic (exact) mass is 267 g/mol. The third-order valence-corrected chi connectivity index (χ3v) is 2.95. The Morgan fingerprint density at radius 3 is 3.06 bits per heavy atom. The molecular weight excluding hydrogens is 258 g/mol. The Labute approximate surface area is 108 Å². The lowest BCUT2D eigenvalue weighted by molar-refractivity contribution is 0.530. The summed E-state index contributed by atoms with van der Waals surface area (Å²) in [5, 5.41) is 7.80. The second-order valence-corrected chi connectivity index (χ2v) is 4.74. The number of nitrogens with one attached hydrogen (secondary N) is 1. The molecule has 17 heavy (non-hydrogen) atoms. The van der Waals surface area contributed by atoms with Gasteiger partial charge in [-0.15, -0.1) is 0 Å². The quantitative estimate of drug-likeness (QED) is 0.662. The SMILES string of the molecule is N=C(N)SCc1ncc(-c2cccc(Cl)c2)o1. The first-order valence-electron chi connectivity index (χ1n) is 4.82. The van der Waals surface area contributed by atoms with Crippen molar-refractivity contribution in [2.24, 2.45) is 5.73 Å². The van der Waals surface area contributed by atoms with Crippen LogP contribution in [0.15, 0.2) is 34.9 Å². The van der Waals surface area contributed by atoms with Gasteiger partial charge in [0, 0.05) is 10.6 Å². The smallest absolute Gasteiger partial charge is 0.205 e. The van der Waals surface area contributed by atoms with Crippen LogP contribution in [-0.4, -0.2) is 10.2 Å². The Morgan fingerprint density at radius 2 is 2.35 bits per heavy atom. The zero-order valence-electron chi connectivity index (χ0n) is 8.81. The van der Waals surface area contributed by atoms with E-state index in [1.165, 1.54) is 11.8 Å². The number of aromatic nitrogens is 1. The number of nitrogens with two attached hydrogens (primary N) is 1. The normalized spacial score (nSPS) is 10.4. The topological polar surface area (TPSA) is 75.9 Å². The molecular formula is C11H10ClN3OS. The van der Waals surface area contributed by atoms with Crippen molar-refractivity contribution in [3.8, 4) is 11.3 Å². The molecule has 0 fully saturated rings. The lowest BCUT2D eigenvalue weighted by atomic mass is 10.2. The van der Waals surface area contributed by atoms with Gasteiger partial charge in [0.1, 0.15) is 0 Å². The molecule has 0 bridgehead atoms. The standard InChI is InChI=1S/C11H10ClN3OS/c12-8-3-1-2-7(4-8)9-5-15-10(16-9)6-17-11(13)14/h1-5H,6H2,(H3,13,14). The number of nitrogens with zero attached hydrogens (tertiary/aromatic N) is 1. The zero-order valence-corrected chi connectivity index (χ0v) is 10.4. The molecule has 0 aliphatic heterocycles. The summed E-state index contributed by atoms with van der Waals surface area (Å²) < 4.78 is 5.53. The van der Waals surface area contributed by atoms with Gasteiger partial charge in [0.25, 0.3) is 0 Å². The zero-order chi connectivity index (χ0) is 12.3. The molecule has 0 aliphatic rings. The summed E-state index contributed by atoms with van der Waals surface area (Å²) in [6, 6.07) is 7.36. The van der Waals surface area contributed by atoms with Crippen molar-refractivity contribution in [2.75, 3.05) is 0 Å². The summed E-state index contributed by atoms with van der Waals surface area (Å²) in [5.74, 6) is 1.66. The predicted molar refractivity (Wildman–Crippen MR) is 70.2 cm³/mol. The van der Waals surface area contributed by atoms with E-state index in [9.17, 15) is 0 Å². The molecule has 1 aromatic heterocycles. The molecule has 4 nitrogen and oxygen atoms in total. The summed E-state index contributed by atoms with van der Waals surface area (Å²) in [5.41, 5.74) is 6.12. The summed E-state index contributed by atoms with van der Waals surface area (Å²) >= 11 is 7.07. The van der Waals surface area contributed by atoms with E-state index in [0.29, 0.717) is 22.4 Å². The van der Waals surface area contributed by atoms with E-state index in [2.05, 4.69) is 4.98 Å². The number of amidine groups is 1. The number of halogens is 1. The fourth-order valence-corrected chi connectivity index (χ4v) is 1.89. The molecule has 0 radical (unpaired) electrons. The van der Waals surface area contributed by atoms with Gasteiger partial charge in [-0.2, -0.15) is 0 Å². The van der Waals surface area contributed by atoms with Crippen LogP contribution < -0.4 is 5.73 Å². The van der Waals surface area contributed by atoms with Crippen LogP contribution in [0.1, 0.15) is 5.89 Å². The van der Waals surface area contributed by atoms with Gasteiger partial charge < -0.3 is 10.2 Å². The van der Waals surface area contributed by atoms with Gasteiger partial charge in [0.2, 0.25) is 5.89 Å². The van der Waals surface area contributed by atoms with Gasteiger partial charge in [-0.3, -0.25) is 5.41 Å². The number of rotatable bonds is 3. The highest BCUT2D eigenvalue weighted by Crippen LogP contribution is 2.24. The maximum Gasteiger partial charge on any atom is 0.205 e. The number of oxazole rings is 1. The summed E-state index contributed by atoms with van der Waals surface area (Å²) in [7, 11) is 0. The number of hydrogen-bond donors (Lipinski definition) is 2. The molecule has 2 aromatic rings. The minimum atomic E-state index is 0.0486. The summed E-state index contributed by atoms with van der Waals surface area (Å²) in [4.78, 5) is 4.11. The molecule has 0 saturated heterocycles. The van der Waals surface area contributed by atoms with Crippen LogP contribution in [0.3, 0.4) is 0 Å². The summed E-state index contributed by atoms with van der Waals surface area (Å²) in [6.45, 7) is 0. The fraction of sp³-hybridized carbons (Fsp3) is 0.0909. The Balaban J connectivity index is 2.15. The van der Waals surface area contributed by atoms with E-state index < -0.39 is 0 Å². The molecule has 0 aliphatic carbocycles. The van der Waals surface area contributed by atoms with Crippen molar-refractivity contribution in [1.82, 2.24) is 4.98 Å². The van der Waals surface area contributed by atoms with Gasteiger partial charge in [-0.1, -0.05) is 35.5 Å². The molecule has 1 aromatic carbocycles. The number of benzene rings is 1. The van der Waals surface area contributed by atoms with E-state index in [1.54, 1.807) is 12.3 Å². The maximum absolute atomic E-state index is 7.10. The van der Waals surface area contributed by atoms with E-state index in [-0.39, 0.29) is 5.17 Å². The predicted octanol–water partition coefficient (Wildman–Crippen LogP) is 3.12.